The molecule has 2 atom stereocenters. The number of hydrogen-bond acceptors (Lipinski definition) is 3. The van der Waals surface area contributed by atoms with Crippen molar-refractivity contribution in [2.45, 2.75) is 70.8 Å². The maximum Gasteiger partial charge on any atom is 0.119 e. The Morgan fingerprint density at radius 1 is 1.00 bits per heavy atom. The van der Waals surface area contributed by atoms with Gasteiger partial charge in [-0.25, -0.2) is 0 Å². The molecule has 0 N–H and O–H groups in total. The first-order valence-corrected chi connectivity index (χ1v) is 11.0. The Morgan fingerprint density at radius 3 is 2.21 bits per heavy atom. The smallest absolute Gasteiger partial charge is 0.119 e. The molecule has 0 saturated heterocycles. The first-order chi connectivity index (χ1) is 13.5. The van der Waals surface area contributed by atoms with Crippen LogP contribution < -0.4 is 0 Å². The molecule has 2 rings (SSSR count). The van der Waals surface area contributed by atoms with Gasteiger partial charge in [0, 0.05) is 21.6 Å². The van der Waals surface area contributed by atoms with Crippen LogP contribution in [0.2, 0.25) is 15.1 Å². The van der Waals surface area contributed by atoms with Crippen LogP contribution in [0.3, 0.4) is 0 Å². The molecule has 0 saturated carbocycles. The predicted octanol–water partition coefficient (Wildman–Crippen LogP) is 7.30. The summed E-state index contributed by atoms with van der Waals surface area (Å²) in [5.74, 6) is -0.0616. The Labute approximate surface area is 182 Å². The molecule has 0 aliphatic heterocycles. The molecule has 7 heteroatoms. The Balaban J connectivity index is 2.10. The summed E-state index contributed by atoms with van der Waals surface area (Å²) >= 11 is 19.1. The summed E-state index contributed by atoms with van der Waals surface area (Å²) in [6.07, 6.45) is 12.2. The van der Waals surface area contributed by atoms with Crippen molar-refractivity contribution in [2.24, 2.45) is 5.92 Å². The van der Waals surface area contributed by atoms with Crippen LogP contribution in [0.4, 0.5) is 0 Å². The third-order valence-corrected chi connectivity index (χ3v) is 5.85. The third-order valence-electron chi connectivity index (χ3n) is 5.01. The second kappa shape index (κ2) is 12.3. The van der Waals surface area contributed by atoms with E-state index in [4.69, 9.17) is 34.8 Å². The highest BCUT2D eigenvalue weighted by atomic mass is 35.5. The van der Waals surface area contributed by atoms with Gasteiger partial charge in [-0.1, -0.05) is 80.3 Å². The summed E-state index contributed by atoms with van der Waals surface area (Å²) in [6, 6.07) is 5.89. The van der Waals surface area contributed by atoms with Gasteiger partial charge in [0.2, 0.25) is 0 Å². The van der Waals surface area contributed by atoms with Gasteiger partial charge in [-0.2, -0.15) is 5.26 Å². The zero-order chi connectivity index (χ0) is 20.4. The van der Waals surface area contributed by atoms with E-state index in [1.54, 1.807) is 24.8 Å². The Morgan fingerprint density at radius 2 is 1.61 bits per heavy atom. The van der Waals surface area contributed by atoms with E-state index in [1.165, 1.54) is 32.1 Å². The quantitative estimate of drug-likeness (QED) is 0.324. The van der Waals surface area contributed by atoms with Crippen LogP contribution in [-0.4, -0.2) is 14.8 Å². The molecule has 0 aliphatic carbocycles. The van der Waals surface area contributed by atoms with Crippen molar-refractivity contribution in [3.05, 3.63) is 45.4 Å². The van der Waals surface area contributed by atoms with Crippen LogP contribution in [-0.2, 0) is 6.54 Å². The molecule has 2 aromatic rings. The zero-order valence-corrected chi connectivity index (χ0v) is 18.5. The third kappa shape index (κ3) is 7.28. The fraction of sp³-hybridized carbons (Fsp3) is 0.571. The molecule has 1 aromatic heterocycles. The number of nitrogens with zero attached hydrogens (tertiary/aromatic N) is 4. The standard InChI is InChI=1S/C21H27Cl3N4/c1-2-3-4-5-6-7-8-17(21-19(23)10-18(22)11-20(21)24)9-16(12-25)13-28-14-26-27-15-28/h10-11,14-17H,2-9,13H2,1H3. The molecule has 152 valence electrons. The highest BCUT2D eigenvalue weighted by Gasteiger charge is 2.23. The topological polar surface area (TPSA) is 54.5 Å². The molecule has 28 heavy (non-hydrogen) atoms. The lowest BCUT2D eigenvalue weighted by atomic mass is 9.85. The SMILES string of the molecule is CCCCCCCCC(CC(C#N)Cn1cnnc1)c1c(Cl)cc(Cl)cc1Cl. The monoisotopic (exact) mass is 440 g/mol. The van der Waals surface area contributed by atoms with E-state index in [2.05, 4.69) is 23.2 Å². The normalized spacial score (nSPS) is 13.2. The van der Waals surface area contributed by atoms with Gasteiger partial charge in [-0.15, -0.1) is 10.2 Å². The molecule has 4 nitrogen and oxygen atoms in total. The zero-order valence-electron chi connectivity index (χ0n) is 16.3. The van der Waals surface area contributed by atoms with Crippen LogP contribution in [0.5, 0.6) is 0 Å². The Bertz CT molecular complexity index is 733. The molecule has 0 amide bonds. The molecule has 0 aliphatic rings. The fourth-order valence-corrected chi connectivity index (χ4v) is 4.70. The minimum absolute atomic E-state index is 0.115. The summed E-state index contributed by atoms with van der Waals surface area (Å²) in [5, 5.41) is 19.0. The summed E-state index contributed by atoms with van der Waals surface area (Å²) < 4.78 is 1.83. The molecule has 0 fully saturated rings. The van der Waals surface area contributed by atoms with Crippen LogP contribution in [0.15, 0.2) is 24.8 Å². The highest BCUT2D eigenvalue weighted by Crippen LogP contribution is 2.40. The average Bonchev–Trinajstić information content (AvgIpc) is 3.15. The maximum absolute atomic E-state index is 9.68. The van der Waals surface area contributed by atoms with Crippen molar-refractivity contribution < 1.29 is 0 Å². The van der Waals surface area contributed by atoms with Gasteiger partial charge in [0.05, 0.1) is 12.0 Å². The van der Waals surface area contributed by atoms with Crippen molar-refractivity contribution in [1.29, 1.82) is 5.26 Å². The van der Waals surface area contributed by atoms with Gasteiger partial charge in [-0.3, -0.25) is 0 Å². The minimum Gasteiger partial charge on any atom is -0.319 e. The van der Waals surface area contributed by atoms with E-state index in [0.717, 1.165) is 18.4 Å². The number of halogens is 3. The number of aromatic nitrogens is 3. The lowest BCUT2D eigenvalue weighted by Crippen LogP contribution is -2.13. The van der Waals surface area contributed by atoms with Crippen molar-refractivity contribution >= 4 is 34.8 Å². The number of nitriles is 1. The second-order valence-electron chi connectivity index (χ2n) is 7.26. The Kier molecular flexibility index (Phi) is 10.1. The van der Waals surface area contributed by atoms with Gasteiger partial charge in [-0.05, 0) is 36.5 Å². The van der Waals surface area contributed by atoms with Crippen molar-refractivity contribution in [2.75, 3.05) is 0 Å². The van der Waals surface area contributed by atoms with E-state index < -0.39 is 0 Å². The van der Waals surface area contributed by atoms with Gasteiger partial charge in [0.15, 0.2) is 0 Å². The van der Waals surface area contributed by atoms with E-state index in [9.17, 15) is 5.26 Å². The molecular formula is C21H27Cl3N4. The first kappa shape index (κ1) is 23.0. The molecule has 0 spiro atoms. The number of hydrogen-bond donors (Lipinski definition) is 0. The lowest BCUT2D eigenvalue weighted by Gasteiger charge is -2.23. The summed E-state index contributed by atoms with van der Waals surface area (Å²) in [5.41, 5.74) is 0.908. The van der Waals surface area contributed by atoms with Crippen molar-refractivity contribution in [3.8, 4) is 6.07 Å². The number of benzene rings is 1. The summed E-state index contributed by atoms with van der Waals surface area (Å²) in [7, 11) is 0. The van der Waals surface area contributed by atoms with Crippen LogP contribution >= 0.6 is 34.8 Å². The van der Waals surface area contributed by atoms with Crippen molar-refractivity contribution in [1.82, 2.24) is 14.8 Å². The molecular weight excluding hydrogens is 415 g/mol. The van der Waals surface area contributed by atoms with Gasteiger partial charge in [0.1, 0.15) is 12.7 Å². The highest BCUT2D eigenvalue weighted by molar-refractivity contribution is 6.39. The largest absolute Gasteiger partial charge is 0.319 e. The predicted molar refractivity (Wildman–Crippen MR) is 116 cm³/mol. The van der Waals surface area contributed by atoms with E-state index in [0.29, 0.717) is 28.0 Å². The van der Waals surface area contributed by atoms with Crippen molar-refractivity contribution in [3.63, 3.8) is 0 Å². The van der Waals surface area contributed by atoms with Gasteiger partial charge < -0.3 is 4.57 Å². The first-order valence-electron chi connectivity index (χ1n) is 9.91. The van der Waals surface area contributed by atoms with Crippen LogP contribution in [0.25, 0.3) is 0 Å². The van der Waals surface area contributed by atoms with Gasteiger partial charge in [0.25, 0.3) is 0 Å². The van der Waals surface area contributed by atoms with Crippen LogP contribution in [0.1, 0.15) is 69.8 Å². The van der Waals surface area contributed by atoms with Gasteiger partial charge >= 0.3 is 0 Å². The molecule has 1 heterocycles. The van der Waals surface area contributed by atoms with E-state index in [1.807, 2.05) is 4.57 Å². The Hall–Kier alpha value is -1.28. The van der Waals surface area contributed by atoms with Crippen LogP contribution in [0, 0.1) is 17.2 Å². The molecule has 2 unspecified atom stereocenters. The number of unbranched alkanes of at least 4 members (excludes halogenated alkanes) is 5. The lowest BCUT2D eigenvalue weighted by molar-refractivity contribution is 0.426. The minimum atomic E-state index is -0.177. The summed E-state index contributed by atoms with van der Waals surface area (Å²) in [6.45, 7) is 2.78. The summed E-state index contributed by atoms with van der Waals surface area (Å²) in [4.78, 5) is 0. The number of rotatable bonds is 12. The molecule has 0 radical (unpaired) electrons. The van der Waals surface area contributed by atoms with E-state index in [-0.39, 0.29) is 11.8 Å². The molecule has 0 bridgehead atoms. The molecule has 1 aromatic carbocycles. The fourth-order valence-electron chi connectivity index (χ4n) is 3.58. The van der Waals surface area contributed by atoms with E-state index >= 15 is 0 Å². The maximum atomic E-state index is 9.68. The average molecular weight is 442 g/mol. The second-order valence-corrected chi connectivity index (χ2v) is 8.51.